The Labute approximate surface area is 165 Å². The van der Waals surface area contributed by atoms with Gasteiger partial charge in [-0.3, -0.25) is 9.69 Å². The summed E-state index contributed by atoms with van der Waals surface area (Å²) in [5.41, 5.74) is 1.87. The molecule has 4 rings (SSSR count). The van der Waals surface area contributed by atoms with Crippen molar-refractivity contribution in [2.24, 2.45) is 0 Å². The molecular weight excluding hydrogens is 382 g/mol. The molecule has 3 heterocycles. The van der Waals surface area contributed by atoms with Gasteiger partial charge in [0.15, 0.2) is 10.9 Å². The van der Waals surface area contributed by atoms with Crippen LogP contribution in [0.3, 0.4) is 0 Å². The maximum Gasteiger partial charge on any atom is 0.295 e. The molecule has 1 aromatic carbocycles. The third-order valence-electron chi connectivity index (χ3n) is 4.31. The Morgan fingerprint density at radius 2 is 2.11 bits per heavy atom. The van der Waals surface area contributed by atoms with Crippen LogP contribution < -0.4 is 4.90 Å². The van der Waals surface area contributed by atoms with Gasteiger partial charge in [0.25, 0.3) is 5.91 Å². The van der Waals surface area contributed by atoms with Crippen LogP contribution in [-0.4, -0.2) is 22.0 Å². The van der Waals surface area contributed by atoms with E-state index in [2.05, 4.69) is 4.57 Å². The molecule has 0 saturated carbocycles. The van der Waals surface area contributed by atoms with Gasteiger partial charge in [-0.05, 0) is 55.3 Å². The zero-order valence-corrected chi connectivity index (χ0v) is 16.3. The van der Waals surface area contributed by atoms with Gasteiger partial charge in [0.05, 0.1) is 16.5 Å². The smallest absolute Gasteiger partial charge is 0.295 e. The number of amides is 1. The van der Waals surface area contributed by atoms with Crippen molar-refractivity contribution in [3.8, 4) is 0 Å². The summed E-state index contributed by atoms with van der Waals surface area (Å²) < 4.78 is 8.39. The molecule has 4 aromatic rings. The van der Waals surface area contributed by atoms with Gasteiger partial charge in [-0.2, -0.15) is 0 Å². The van der Waals surface area contributed by atoms with Crippen LogP contribution in [0.5, 0.6) is 0 Å². The molecule has 0 aliphatic heterocycles. The van der Waals surface area contributed by atoms with E-state index in [9.17, 15) is 4.79 Å². The number of fused-ring (bicyclic) bond motifs is 1. The minimum atomic E-state index is -0.185. The van der Waals surface area contributed by atoms with E-state index in [0.717, 1.165) is 28.7 Å². The number of thiazole rings is 1. The average Bonchev–Trinajstić information content (AvgIpc) is 3.38. The number of halogens is 1. The lowest BCUT2D eigenvalue weighted by atomic mass is 10.2. The van der Waals surface area contributed by atoms with Crippen molar-refractivity contribution in [2.45, 2.75) is 19.9 Å². The van der Waals surface area contributed by atoms with E-state index in [1.165, 1.54) is 17.6 Å². The monoisotopic (exact) mass is 399 g/mol. The summed E-state index contributed by atoms with van der Waals surface area (Å²) in [4.78, 5) is 19.4. The summed E-state index contributed by atoms with van der Waals surface area (Å²) in [7, 11) is 0. The lowest BCUT2D eigenvalue weighted by Crippen LogP contribution is -2.32. The first-order valence-corrected chi connectivity index (χ1v) is 9.84. The Bertz CT molecular complexity index is 1050. The molecule has 0 atom stereocenters. The van der Waals surface area contributed by atoms with Crippen molar-refractivity contribution >= 4 is 44.2 Å². The summed E-state index contributed by atoms with van der Waals surface area (Å²) in [6.45, 7) is 3.34. The second-order valence-corrected chi connectivity index (χ2v) is 7.72. The Kier molecular flexibility index (Phi) is 5.01. The first-order chi connectivity index (χ1) is 13.1. The summed E-state index contributed by atoms with van der Waals surface area (Å²) in [5, 5.41) is 1.33. The van der Waals surface area contributed by atoms with Crippen LogP contribution in [0.25, 0.3) is 10.2 Å². The van der Waals surface area contributed by atoms with E-state index in [0.29, 0.717) is 22.5 Å². The number of nitrogens with zero attached hydrogens (tertiary/aromatic N) is 3. The highest BCUT2D eigenvalue weighted by molar-refractivity contribution is 7.22. The predicted octanol–water partition coefficient (Wildman–Crippen LogP) is 5.39. The number of furan rings is 1. The van der Waals surface area contributed by atoms with Gasteiger partial charge in [-0.25, -0.2) is 4.98 Å². The molecule has 0 N–H and O–H groups in total. The van der Waals surface area contributed by atoms with E-state index >= 15 is 0 Å². The standard InChI is InChI=1S/C20H18ClN3O2S/c1-14-12-15(21)13-17-18(14)22-20(27-17)24(19(25)16-6-4-11-26-16)10-5-9-23-7-2-3-8-23/h2-4,6-8,11-13H,5,9-10H2,1H3. The van der Waals surface area contributed by atoms with Crippen LogP contribution >= 0.6 is 22.9 Å². The first-order valence-electron chi connectivity index (χ1n) is 8.64. The van der Waals surface area contributed by atoms with Crippen molar-refractivity contribution in [2.75, 3.05) is 11.4 Å². The van der Waals surface area contributed by atoms with E-state index in [1.54, 1.807) is 17.0 Å². The van der Waals surface area contributed by atoms with Gasteiger partial charge >= 0.3 is 0 Å². The quantitative estimate of drug-likeness (QED) is 0.436. The van der Waals surface area contributed by atoms with Crippen LogP contribution in [0.1, 0.15) is 22.5 Å². The first kappa shape index (κ1) is 17.8. The van der Waals surface area contributed by atoms with Crippen molar-refractivity contribution in [3.05, 3.63) is 71.4 Å². The number of carbonyl (C=O) groups is 1. The molecule has 7 heteroatoms. The number of hydrogen-bond acceptors (Lipinski definition) is 4. The van der Waals surface area contributed by atoms with Crippen LogP contribution in [0.4, 0.5) is 5.13 Å². The largest absolute Gasteiger partial charge is 0.459 e. The summed E-state index contributed by atoms with van der Waals surface area (Å²) >= 11 is 7.65. The molecular formula is C20H18ClN3O2S. The van der Waals surface area contributed by atoms with Gasteiger partial charge in [-0.1, -0.05) is 22.9 Å². The SMILES string of the molecule is Cc1cc(Cl)cc2sc(N(CCCn3cccc3)C(=O)c3ccco3)nc12. The minimum Gasteiger partial charge on any atom is -0.459 e. The second-order valence-electron chi connectivity index (χ2n) is 6.27. The molecule has 138 valence electrons. The molecule has 27 heavy (non-hydrogen) atoms. The van der Waals surface area contributed by atoms with Crippen LogP contribution in [-0.2, 0) is 6.54 Å². The molecule has 0 aliphatic rings. The molecule has 0 bridgehead atoms. The topological polar surface area (TPSA) is 51.3 Å². The Hall–Kier alpha value is -2.57. The molecule has 1 amide bonds. The molecule has 0 spiro atoms. The number of anilines is 1. The second kappa shape index (κ2) is 7.58. The lowest BCUT2D eigenvalue weighted by molar-refractivity contribution is 0.0959. The van der Waals surface area contributed by atoms with Crippen molar-refractivity contribution < 1.29 is 9.21 Å². The Morgan fingerprint density at radius 1 is 1.30 bits per heavy atom. The zero-order chi connectivity index (χ0) is 18.8. The Balaban J connectivity index is 1.64. The van der Waals surface area contributed by atoms with Gasteiger partial charge < -0.3 is 8.98 Å². The number of rotatable bonds is 6. The lowest BCUT2D eigenvalue weighted by Gasteiger charge is -2.18. The number of benzene rings is 1. The van der Waals surface area contributed by atoms with E-state index in [1.807, 2.05) is 43.6 Å². The predicted molar refractivity (Wildman–Crippen MR) is 109 cm³/mol. The summed E-state index contributed by atoms with van der Waals surface area (Å²) in [5.74, 6) is 0.125. The fourth-order valence-corrected chi connectivity index (χ4v) is 4.45. The molecule has 3 aromatic heterocycles. The fourth-order valence-electron chi connectivity index (χ4n) is 3.01. The highest BCUT2D eigenvalue weighted by atomic mass is 35.5. The normalized spacial score (nSPS) is 11.2. The molecule has 0 fully saturated rings. The summed E-state index contributed by atoms with van der Waals surface area (Å²) in [6, 6.07) is 11.2. The maximum atomic E-state index is 13.0. The molecule has 0 radical (unpaired) electrons. The number of hydrogen-bond donors (Lipinski definition) is 0. The van der Waals surface area contributed by atoms with Crippen LogP contribution in [0, 0.1) is 6.92 Å². The Morgan fingerprint density at radius 3 is 2.85 bits per heavy atom. The number of carbonyl (C=O) groups excluding carboxylic acids is 1. The van der Waals surface area contributed by atoms with Gasteiger partial charge in [0, 0.05) is 30.5 Å². The third-order valence-corrected chi connectivity index (χ3v) is 5.55. The van der Waals surface area contributed by atoms with E-state index in [4.69, 9.17) is 21.0 Å². The maximum absolute atomic E-state index is 13.0. The minimum absolute atomic E-state index is 0.185. The average molecular weight is 400 g/mol. The van der Waals surface area contributed by atoms with E-state index < -0.39 is 0 Å². The van der Waals surface area contributed by atoms with Crippen LogP contribution in [0.2, 0.25) is 5.02 Å². The van der Waals surface area contributed by atoms with Gasteiger partial charge in [-0.15, -0.1) is 0 Å². The number of aromatic nitrogens is 2. The van der Waals surface area contributed by atoms with Crippen molar-refractivity contribution in [3.63, 3.8) is 0 Å². The van der Waals surface area contributed by atoms with Gasteiger partial charge in [0.1, 0.15) is 0 Å². The van der Waals surface area contributed by atoms with Crippen molar-refractivity contribution in [1.29, 1.82) is 0 Å². The van der Waals surface area contributed by atoms with Crippen LogP contribution in [0.15, 0.2) is 59.5 Å². The molecule has 0 aliphatic carbocycles. The molecule has 5 nitrogen and oxygen atoms in total. The fraction of sp³-hybridized carbons (Fsp3) is 0.200. The highest BCUT2D eigenvalue weighted by Gasteiger charge is 2.23. The molecule has 0 unspecified atom stereocenters. The highest BCUT2D eigenvalue weighted by Crippen LogP contribution is 2.33. The van der Waals surface area contributed by atoms with E-state index in [-0.39, 0.29) is 5.91 Å². The number of aryl methyl sites for hydroxylation is 2. The third kappa shape index (κ3) is 3.77. The molecule has 0 saturated heterocycles. The zero-order valence-electron chi connectivity index (χ0n) is 14.8. The van der Waals surface area contributed by atoms with Gasteiger partial charge in [0.2, 0.25) is 0 Å². The van der Waals surface area contributed by atoms with Crippen molar-refractivity contribution in [1.82, 2.24) is 9.55 Å². The summed E-state index contributed by atoms with van der Waals surface area (Å²) in [6.07, 6.45) is 6.34.